The standard InChI is InChI=1S/C23H26N4O4/c1-3-14-29-21-24-22(30-15-4-2)26-23(25-21)31-18-20-17-27(13-16-28-20)12-8-11-19-9-6-5-7-10-19/h3-7,9-10,20H,1-2,12-18H2. The van der Waals surface area contributed by atoms with Crippen LogP contribution in [0.3, 0.4) is 0 Å². The Morgan fingerprint density at radius 1 is 1.00 bits per heavy atom. The van der Waals surface area contributed by atoms with Gasteiger partial charge in [0.1, 0.15) is 25.9 Å². The molecule has 1 fully saturated rings. The zero-order valence-corrected chi connectivity index (χ0v) is 17.4. The SMILES string of the molecule is C=CCOc1nc(OCC=C)nc(OCC2CN(CC#Cc3ccccc3)CCO2)n1. The Kier molecular flexibility index (Phi) is 8.86. The van der Waals surface area contributed by atoms with Crippen molar-refractivity contribution >= 4 is 0 Å². The molecule has 8 heteroatoms. The van der Waals surface area contributed by atoms with E-state index >= 15 is 0 Å². The number of aromatic nitrogens is 3. The number of nitrogens with zero attached hydrogens (tertiary/aromatic N) is 4. The monoisotopic (exact) mass is 422 g/mol. The first-order valence-electron chi connectivity index (χ1n) is 10.0. The van der Waals surface area contributed by atoms with Crippen LogP contribution in [0.2, 0.25) is 0 Å². The number of rotatable bonds is 10. The molecule has 0 aliphatic carbocycles. The molecule has 2 aromatic rings. The highest BCUT2D eigenvalue weighted by molar-refractivity contribution is 5.33. The van der Waals surface area contributed by atoms with Gasteiger partial charge in [-0.25, -0.2) is 0 Å². The summed E-state index contributed by atoms with van der Waals surface area (Å²) in [6.45, 7) is 10.8. The fourth-order valence-corrected chi connectivity index (χ4v) is 2.75. The second-order valence-electron chi connectivity index (χ2n) is 6.59. The summed E-state index contributed by atoms with van der Waals surface area (Å²) in [4.78, 5) is 14.6. The lowest BCUT2D eigenvalue weighted by molar-refractivity contribution is -0.0456. The minimum atomic E-state index is -0.126. The van der Waals surface area contributed by atoms with Gasteiger partial charge in [-0.1, -0.05) is 55.3 Å². The predicted octanol–water partition coefficient (Wildman–Crippen LogP) is 2.13. The van der Waals surface area contributed by atoms with Crippen LogP contribution < -0.4 is 14.2 Å². The fraction of sp³-hybridized carbons (Fsp3) is 0.348. The molecule has 0 N–H and O–H groups in total. The van der Waals surface area contributed by atoms with Gasteiger partial charge < -0.3 is 18.9 Å². The molecule has 1 unspecified atom stereocenters. The second-order valence-corrected chi connectivity index (χ2v) is 6.59. The van der Waals surface area contributed by atoms with Gasteiger partial charge >= 0.3 is 18.0 Å². The highest BCUT2D eigenvalue weighted by atomic mass is 16.6. The van der Waals surface area contributed by atoms with Gasteiger partial charge in [0.2, 0.25) is 0 Å². The van der Waals surface area contributed by atoms with Crippen LogP contribution in [0.5, 0.6) is 18.0 Å². The van der Waals surface area contributed by atoms with Crippen LogP contribution in [0.1, 0.15) is 5.56 Å². The molecule has 0 saturated carbocycles. The van der Waals surface area contributed by atoms with E-state index in [0.29, 0.717) is 19.7 Å². The van der Waals surface area contributed by atoms with Crippen molar-refractivity contribution in [3.05, 3.63) is 61.2 Å². The third-order valence-electron chi connectivity index (χ3n) is 4.16. The Morgan fingerprint density at radius 2 is 1.65 bits per heavy atom. The van der Waals surface area contributed by atoms with Crippen LogP contribution in [0.25, 0.3) is 0 Å². The van der Waals surface area contributed by atoms with Crippen molar-refractivity contribution in [2.24, 2.45) is 0 Å². The molecule has 31 heavy (non-hydrogen) atoms. The maximum Gasteiger partial charge on any atom is 0.326 e. The molecule has 0 bridgehead atoms. The van der Waals surface area contributed by atoms with E-state index in [1.54, 1.807) is 12.2 Å². The predicted molar refractivity (Wildman–Crippen MR) is 116 cm³/mol. The summed E-state index contributed by atoms with van der Waals surface area (Å²) in [5.74, 6) is 6.40. The molecule has 1 saturated heterocycles. The van der Waals surface area contributed by atoms with Crippen molar-refractivity contribution in [3.8, 4) is 29.9 Å². The quantitative estimate of drug-likeness (QED) is 0.426. The molecular formula is C23H26N4O4. The van der Waals surface area contributed by atoms with Gasteiger partial charge in [-0.3, -0.25) is 4.90 Å². The minimum absolute atomic E-state index is 0.103. The van der Waals surface area contributed by atoms with Gasteiger partial charge in [0.05, 0.1) is 13.2 Å². The largest absolute Gasteiger partial charge is 0.460 e. The van der Waals surface area contributed by atoms with Crippen LogP contribution in [0.15, 0.2) is 55.6 Å². The number of morpholine rings is 1. The first-order valence-corrected chi connectivity index (χ1v) is 10.0. The summed E-state index contributed by atoms with van der Waals surface area (Å²) in [5.41, 5.74) is 1.01. The molecule has 1 aromatic carbocycles. The number of ether oxygens (including phenoxy) is 4. The number of hydrogen-bond acceptors (Lipinski definition) is 8. The maximum absolute atomic E-state index is 5.81. The fourth-order valence-electron chi connectivity index (χ4n) is 2.75. The molecule has 1 aliphatic rings. The van der Waals surface area contributed by atoms with Crippen molar-refractivity contribution in [1.29, 1.82) is 0 Å². The molecular weight excluding hydrogens is 396 g/mol. The number of benzene rings is 1. The Bertz CT molecular complexity index is 881. The van der Waals surface area contributed by atoms with Gasteiger partial charge in [0.15, 0.2) is 0 Å². The Morgan fingerprint density at radius 3 is 2.29 bits per heavy atom. The smallest absolute Gasteiger partial charge is 0.326 e. The van der Waals surface area contributed by atoms with Gasteiger partial charge in [0, 0.05) is 18.7 Å². The molecule has 2 heterocycles. The second kappa shape index (κ2) is 12.3. The van der Waals surface area contributed by atoms with Crippen molar-refractivity contribution in [2.45, 2.75) is 6.10 Å². The zero-order chi connectivity index (χ0) is 21.7. The molecule has 3 rings (SSSR count). The van der Waals surface area contributed by atoms with Crippen LogP contribution >= 0.6 is 0 Å². The van der Waals surface area contributed by atoms with Crippen molar-refractivity contribution in [1.82, 2.24) is 19.9 Å². The first-order chi connectivity index (χ1) is 15.3. The molecule has 1 aromatic heterocycles. The van der Waals surface area contributed by atoms with Crippen LogP contribution in [0, 0.1) is 11.8 Å². The highest BCUT2D eigenvalue weighted by Gasteiger charge is 2.21. The average molecular weight is 422 g/mol. The highest BCUT2D eigenvalue weighted by Crippen LogP contribution is 2.16. The van der Waals surface area contributed by atoms with E-state index in [2.05, 4.69) is 44.9 Å². The molecule has 8 nitrogen and oxygen atoms in total. The molecule has 162 valence electrons. The van der Waals surface area contributed by atoms with E-state index < -0.39 is 0 Å². The molecule has 1 aliphatic heterocycles. The third-order valence-corrected chi connectivity index (χ3v) is 4.16. The summed E-state index contributed by atoms with van der Waals surface area (Å²) in [5, 5.41) is 0. The topological polar surface area (TPSA) is 78.8 Å². The van der Waals surface area contributed by atoms with Gasteiger partial charge in [-0.05, 0) is 12.1 Å². The third kappa shape index (κ3) is 7.74. The molecule has 0 spiro atoms. The van der Waals surface area contributed by atoms with Crippen molar-refractivity contribution in [3.63, 3.8) is 0 Å². The van der Waals surface area contributed by atoms with Crippen molar-refractivity contribution < 1.29 is 18.9 Å². The van der Waals surface area contributed by atoms with Gasteiger partial charge in [-0.15, -0.1) is 15.0 Å². The van der Waals surface area contributed by atoms with E-state index in [1.165, 1.54) is 0 Å². The van der Waals surface area contributed by atoms with E-state index in [4.69, 9.17) is 18.9 Å². The van der Waals surface area contributed by atoms with Gasteiger partial charge in [-0.2, -0.15) is 0 Å². The lowest BCUT2D eigenvalue weighted by Crippen LogP contribution is -2.45. The zero-order valence-electron chi connectivity index (χ0n) is 17.4. The molecule has 1 atom stereocenters. The van der Waals surface area contributed by atoms with Crippen LogP contribution in [-0.2, 0) is 4.74 Å². The number of hydrogen-bond donors (Lipinski definition) is 0. The van der Waals surface area contributed by atoms with Crippen LogP contribution in [-0.4, -0.2) is 72.0 Å². The van der Waals surface area contributed by atoms with E-state index in [9.17, 15) is 0 Å². The maximum atomic E-state index is 5.81. The summed E-state index contributed by atoms with van der Waals surface area (Å²) >= 11 is 0. The Hall–Kier alpha value is -3.41. The first kappa shape index (κ1) is 22.3. The van der Waals surface area contributed by atoms with Gasteiger partial charge in [0.25, 0.3) is 0 Å². The van der Waals surface area contributed by atoms with Crippen LogP contribution in [0.4, 0.5) is 0 Å². The summed E-state index contributed by atoms with van der Waals surface area (Å²) in [6, 6.07) is 10.3. The lowest BCUT2D eigenvalue weighted by Gasteiger charge is -2.31. The van der Waals surface area contributed by atoms with E-state index in [1.807, 2.05) is 30.3 Å². The lowest BCUT2D eigenvalue weighted by atomic mass is 10.2. The van der Waals surface area contributed by atoms with E-state index in [-0.39, 0.29) is 44.0 Å². The summed E-state index contributed by atoms with van der Waals surface area (Å²) < 4.78 is 22.3. The summed E-state index contributed by atoms with van der Waals surface area (Å²) in [6.07, 6.45) is 3.07. The molecule has 0 amide bonds. The Balaban J connectivity index is 1.54. The van der Waals surface area contributed by atoms with Crippen molar-refractivity contribution in [2.75, 3.05) is 46.1 Å². The normalized spacial score (nSPS) is 15.9. The molecule has 0 radical (unpaired) electrons. The average Bonchev–Trinajstić information content (AvgIpc) is 2.81. The van der Waals surface area contributed by atoms with E-state index in [0.717, 1.165) is 12.1 Å². The Labute approximate surface area is 182 Å². The summed E-state index contributed by atoms with van der Waals surface area (Å²) in [7, 11) is 0. The minimum Gasteiger partial charge on any atom is -0.460 e.